The quantitative estimate of drug-likeness (QED) is 0.486. The Labute approximate surface area is 148 Å². The first-order valence-electron chi connectivity index (χ1n) is 7.51. The number of hydrogen-bond acceptors (Lipinski definition) is 5. The van der Waals surface area contributed by atoms with Crippen molar-refractivity contribution in [3.8, 4) is 5.75 Å². The van der Waals surface area contributed by atoms with Crippen LogP contribution in [0.1, 0.15) is 0 Å². The SMILES string of the molecule is COCCOc1ccc(N)c(Nc2ccc3cccc(Br)c3n2)c1. The number of para-hydroxylation sites is 1. The van der Waals surface area contributed by atoms with E-state index < -0.39 is 0 Å². The van der Waals surface area contributed by atoms with Gasteiger partial charge in [-0.3, -0.25) is 0 Å². The molecule has 0 bridgehead atoms. The van der Waals surface area contributed by atoms with Crippen LogP contribution in [-0.2, 0) is 4.74 Å². The Morgan fingerprint density at radius 1 is 1.12 bits per heavy atom. The van der Waals surface area contributed by atoms with E-state index in [0.717, 1.165) is 32.6 Å². The van der Waals surface area contributed by atoms with Gasteiger partial charge in [-0.25, -0.2) is 4.98 Å². The van der Waals surface area contributed by atoms with Crippen LogP contribution in [-0.4, -0.2) is 25.3 Å². The second-order valence-electron chi connectivity index (χ2n) is 5.22. The number of fused-ring (bicyclic) bond motifs is 1. The van der Waals surface area contributed by atoms with Crippen LogP contribution in [0, 0.1) is 0 Å². The molecular weight excluding hydrogens is 370 g/mol. The number of benzene rings is 2. The molecule has 0 fully saturated rings. The maximum Gasteiger partial charge on any atom is 0.131 e. The van der Waals surface area contributed by atoms with Crippen LogP contribution in [0.2, 0.25) is 0 Å². The largest absolute Gasteiger partial charge is 0.491 e. The number of rotatable bonds is 6. The van der Waals surface area contributed by atoms with E-state index in [-0.39, 0.29) is 0 Å². The fraction of sp³-hybridized carbons (Fsp3) is 0.167. The lowest BCUT2D eigenvalue weighted by Crippen LogP contribution is -2.05. The lowest BCUT2D eigenvalue weighted by molar-refractivity contribution is 0.146. The molecule has 0 atom stereocenters. The predicted molar refractivity (Wildman–Crippen MR) is 101 cm³/mol. The third kappa shape index (κ3) is 3.77. The maximum absolute atomic E-state index is 6.05. The summed E-state index contributed by atoms with van der Waals surface area (Å²) in [6.07, 6.45) is 0. The summed E-state index contributed by atoms with van der Waals surface area (Å²) in [5, 5.41) is 4.32. The van der Waals surface area contributed by atoms with Gasteiger partial charge in [0.1, 0.15) is 18.2 Å². The number of nitrogens with zero attached hydrogens (tertiary/aromatic N) is 1. The lowest BCUT2D eigenvalue weighted by atomic mass is 10.2. The first-order valence-corrected chi connectivity index (χ1v) is 8.30. The number of hydrogen-bond donors (Lipinski definition) is 2. The van der Waals surface area contributed by atoms with Crippen molar-refractivity contribution in [3.63, 3.8) is 0 Å². The van der Waals surface area contributed by atoms with E-state index in [4.69, 9.17) is 15.2 Å². The van der Waals surface area contributed by atoms with E-state index in [0.29, 0.717) is 18.9 Å². The zero-order chi connectivity index (χ0) is 16.9. The Morgan fingerprint density at radius 3 is 2.83 bits per heavy atom. The molecule has 0 spiro atoms. The highest BCUT2D eigenvalue weighted by atomic mass is 79.9. The zero-order valence-corrected chi connectivity index (χ0v) is 14.8. The Bertz CT molecular complexity index is 855. The van der Waals surface area contributed by atoms with Crippen LogP contribution in [0.15, 0.2) is 53.0 Å². The van der Waals surface area contributed by atoms with E-state index in [1.807, 2.05) is 42.5 Å². The monoisotopic (exact) mass is 387 g/mol. The van der Waals surface area contributed by atoms with Crippen LogP contribution >= 0.6 is 15.9 Å². The number of aromatic nitrogens is 1. The normalized spacial score (nSPS) is 10.8. The fourth-order valence-electron chi connectivity index (χ4n) is 2.29. The second kappa shape index (κ2) is 7.51. The molecular formula is C18H18BrN3O2. The van der Waals surface area contributed by atoms with E-state index in [1.54, 1.807) is 13.2 Å². The average molecular weight is 388 g/mol. The summed E-state index contributed by atoms with van der Waals surface area (Å²) in [4.78, 5) is 4.64. The van der Waals surface area contributed by atoms with Crippen LogP contribution in [0.25, 0.3) is 10.9 Å². The van der Waals surface area contributed by atoms with E-state index >= 15 is 0 Å². The maximum atomic E-state index is 6.05. The van der Waals surface area contributed by atoms with Gasteiger partial charge >= 0.3 is 0 Å². The van der Waals surface area contributed by atoms with Gasteiger partial charge in [-0.1, -0.05) is 12.1 Å². The first-order chi connectivity index (χ1) is 11.7. The molecule has 0 saturated heterocycles. The van der Waals surface area contributed by atoms with Crippen LogP contribution < -0.4 is 15.8 Å². The highest BCUT2D eigenvalue weighted by Gasteiger charge is 2.06. The third-order valence-electron chi connectivity index (χ3n) is 3.51. The minimum atomic E-state index is 0.487. The molecule has 0 unspecified atom stereocenters. The van der Waals surface area contributed by atoms with Gasteiger partial charge in [-0.2, -0.15) is 0 Å². The predicted octanol–water partition coefficient (Wildman–Crippen LogP) is 4.35. The first kappa shape index (κ1) is 16.5. The van der Waals surface area contributed by atoms with Crippen molar-refractivity contribution in [2.24, 2.45) is 0 Å². The van der Waals surface area contributed by atoms with Gasteiger partial charge < -0.3 is 20.5 Å². The third-order valence-corrected chi connectivity index (χ3v) is 4.15. The number of nitrogens with one attached hydrogen (secondary N) is 1. The standard InChI is InChI=1S/C18H18BrN3O2/c1-23-9-10-24-13-6-7-15(20)16(11-13)21-17-8-5-12-3-2-4-14(19)18(12)22-17/h2-8,11H,9-10,20H2,1H3,(H,21,22). The molecule has 1 aromatic heterocycles. The minimum absolute atomic E-state index is 0.487. The lowest BCUT2D eigenvalue weighted by Gasteiger charge is -2.12. The molecule has 1 heterocycles. The highest BCUT2D eigenvalue weighted by Crippen LogP contribution is 2.29. The molecule has 3 aromatic rings. The summed E-state index contributed by atoms with van der Waals surface area (Å²) < 4.78 is 11.6. The summed E-state index contributed by atoms with van der Waals surface area (Å²) in [5.41, 5.74) is 8.33. The molecule has 0 aliphatic heterocycles. The number of methoxy groups -OCH3 is 1. The number of ether oxygens (including phenoxy) is 2. The second-order valence-corrected chi connectivity index (χ2v) is 6.08. The van der Waals surface area contributed by atoms with Crippen molar-refractivity contribution in [1.29, 1.82) is 0 Å². The van der Waals surface area contributed by atoms with E-state index in [1.165, 1.54) is 0 Å². The molecule has 5 nitrogen and oxygen atoms in total. The summed E-state index contributed by atoms with van der Waals surface area (Å²) in [6.45, 7) is 1.02. The van der Waals surface area contributed by atoms with Crippen molar-refractivity contribution in [2.45, 2.75) is 0 Å². The molecule has 0 radical (unpaired) electrons. The molecule has 0 aliphatic carbocycles. The minimum Gasteiger partial charge on any atom is -0.491 e. The average Bonchev–Trinajstić information content (AvgIpc) is 2.59. The number of halogens is 1. The van der Waals surface area contributed by atoms with Crippen LogP contribution in [0.5, 0.6) is 5.75 Å². The smallest absolute Gasteiger partial charge is 0.131 e. The summed E-state index contributed by atoms with van der Waals surface area (Å²) in [7, 11) is 1.64. The van der Waals surface area contributed by atoms with Crippen molar-refractivity contribution >= 4 is 44.0 Å². The Kier molecular flexibility index (Phi) is 5.17. The van der Waals surface area contributed by atoms with Crippen LogP contribution in [0.4, 0.5) is 17.2 Å². The van der Waals surface area contributed by atoms with Gasteiger partial charge in [-0.05, 0) is 46.3 Å². The zero-order valence-electron chi connectivity index (χ0n) is 13.3. The fourth-order valence-corrected chi connectivity index (χ4v) is 2.76. The summed E-state index contributed by atoms with van der Waals surface area (Å²) >= 11 is 3.53. The van der Waals surface area contributed by atoms with E-state index in [9.17, 15) is 0 Å². The molecule has 2 aromatic carbocycles. The summed E-state index contributed by atoms with van der Waals surface area (Å²) in [5.74, 6) is 1.45. The van der Waals surface area contributed by atoms with Gasteiger partial charge in [0, 0.05) is 23.0 Å². The topological polar surface area (TPSA) is 69.4 Å². The Balaban J connectivity index is 1.85. The molecule has 6 heteroatoms. The molecule has 124 valence electrons. The number of pyridine rings is 1. The highest BCUT2D eigenvalue weighted by molar-refractivity contribution is 9.10. The van der Waals surface area contributed by atoms with Crippen molar-refractivity contribution in [2.75, 3.05) is 31.4 Å². The molecule has 3 rings (SSSR count). The van der Waals surface area contributed by atoms with Crippen molar-refractivity contribution < 1.29 is 9.47 Å². The van der Waals surface area contributed by atoms with Gasteiger partial charge in [0.15, 0.2) is 0 Å². The number of nitrogen functional groups attached to an aromatic ring is 1. The molecule has 3 N–H and O–H groups in total. The van der Waals surface area contributed by atoms with Gasteiger partial charge in [0.05, 0.1) is 23.5 Å². The van der Waals surface area contributed by atoms with Gasteiger partial charge in [0.2, 0.25) is 0 Å². The summed E-state index contributed by atoms with van der Waals surface area (Å²) in [6, 6.07) is 15.4. The Hall–Kier alpha value is -2.31. The van der Waals surface area contributed by atoms with Gasteiger partial charge in [-0.15, -0.1) is 0 Å². The number of nitrogens with two attached hydrogens (primary N) is 1. The van der Waals surface area contributed by atoms with Crippen molar-refractivity contribution in [1.82, 2.24) is 4.98 Å². The van der Waals surface area contributed by atoms with Gasteiger partial charge in [0.25, 0.3) is 0 Å². The molecule has 24 heavy (non-hydrogen) atoms. The molecule has 0 aliphatic rings. The molecule has 0 saturated carbocycles. The number of anilines is 3. The van der Waals surface area contributed by atoms with Crippen molar-refractivity contribution in [3.05, 3.63) is 53.0 Å². The Morgan fingerprint density at radius 2 is 2.00 bits per heavy atom. The van der Waals surface area contributed by atoms with Crippen LogP contribution in [0.3, 0.4) is 0 Å². The molecule has 0 amide bonds. The van der Waals surface area contributed by atoms with E-state index in [2.05, 4.69) is 26.2 Å².